The van der Waals surface area contributed by atoms with Gasteiger partial charge < -0.3 is 4.84 Å². The van der Waals surface area contributed by atoms with Gasteiger partial charge in [-0.05, 0) is 37.8 Å². The maximum Gasteiger partial charge on any atom is 0.139 e. The Morgan fingerprint density at radius 2 is 2.13 bits per heavy atom. The van der Waals surface area contributed by atoms with Crippen LogP contribution in [0.15, 0.2) is 29.4 Å². The first kappa shape index (κ1) is 10.1. The number of hydrogen-bond acceptors (Lipinski definition) is 2. The molecular formula is C12H13FNO. The molecule has 2 nitrogen and oxygen atoms in total. The molecule has 0 amide bonds. The Labute approximate surface area is 88.7 Å². The Hall–Kier alpha value is -1.38. The van der Waals surface area contributed by atoms with Crippen LogP contribution in [0.5, 0.6) is 0 Å². The average Bonchev–Trinajstić information content (AvgIpc) is 2.71. The number of nitrogens with zero attached hydrogens (tertiary/aromatic N) is 1. The van der Waals surface area contributed by atoms with Gasteiger partial charge in [-0.1, -0.05) is 17.3 Å². The minimum absolute atomic E-state index is 0.228. The Bertz CT molecular complexity index is 345. The van der Waals surface area contributed by atoms with Crippen molar-refractivity contribution in [2.24, 2.45) is 5.16 Å². The molecule has 0 aromatic heterocycles. The molecule has 0 spiro atoms. The van der Waals surface area contributed by atoms with Gasteiger partial charge in [-0.25, -0.2) is 4.39 Å². The molecule has 1 aromatic carbocycles. The van der Waals surface area contributed by atoms with Gasteiger partial charge in [0.2, 0.25) is 0 Å². The monoisotopic (exact) mass is 206 g/mol. The fourth-order valence-electron chi connectivity index (χ4n) is 1.71. The average molecular weight is 206 g/mol. The number of halogens is 1. The predicted octanol–water partition coefficient (Wildman–Crippen LogP) is 3.00. The maximum atomic E-state index is 12.8. The van der Waals surface area contributed by atoms with Crippen LogP contribution in [-0.4, -0.2) is 12.3 Å². The van der Waals surface area contributed by atoms with Gasteiger partial charge in [0.1, 0.15) is 18.1 Å². The van der Waals surface area contributed by atoms with Gasteiger partial charge in [-0.2, -0.15) is 0 Å². The maximum absolute atomic E-state index is 12.8. The first-order valence-corrected chi connectivity index (χ1v) is 5.22. The fraction of sp³-hybridized carbons (Fsp3) is 0.417. The van der Waals surface area contributed by atoms with Crippen molar-refractivity contribution < 1.29 is 9.23 Å². The molecule has 3 heteroatoms. The third-order valence-corrected chi connectivity index (χ3v) is 2.50. The van der Waals surface area contributed by atoms with E-state index in [0.29, 0.717) is 5.56 Å². The Balaban J connectivity index is 1.87. The molecule has 0 bridgehead atoms. The van der Waals surface area contributed by atoms with E-state index in [-0.39, 0.29) is 11.9 Å². The summed E-state index contributed by atoms with van der Waals surface area (Å²) in [7, 11) is 0. The van der Waals surface area contributed by atoms with E-state index >= 15 is 0 Å². The summed E-state index contributed by atoms with van der Waals surface area (Å²) < 4.78 is 12.8. The summed E-state index contributed by atoms with van der Waals surface area (Å²) in [6.45, 7) is 0. The van der Waals surface area contributed by atoms with Crippen molar-refractivity contribution in [3.05, 3.63) is 35.6 Å². The summed E-state index contributed by atoms with van der Waals surface area (Å²) in [5, 5.41) is 3.75. The van der Waals surface area contributed by atoms with Gasteiger partial charge in [-0.15, -0.1) is 0 Å². The Morgan fingerprint density at radius 1 is 1.33 bits per heavy atom. The van der Waals surface area contributed by atoms with E-state index in [9.17, 15) is 4.39 Å². The topological polar surface area (TPSA) is 21.6 Å². The molecule has 0 aliphatic heterocycles. The van der Waals surface area contributed by atoms with E-state index in [1.54, 1.807) is 12.1 Å². The normalized spacial score (nSPS) is 17.4. The molecule has 79 valence electrons. The summed E-state index contributed by atoms with van der Waals surface area (Å²) in [6.07, 6.45) is 7.45. The Morgan fingerprint density at radius 3 is 2.87 bits per heavy atom. The van der Waals surface area contributed by atoms with E-state index < -0.39 is 0 Å². The second kappa shape index (κ2) is 4.91. The van der Waals surface area contributed by atoms with E-state index in [1.165, 1.54) is 25.0 Å². The molecule has 2 rings (SSSR count). The van der Waals surface area contributed by atoms with Crippen LogP contribution in [0.4, 0.5) is 4.39 Å². The van der Waals surface area contributed by atoms with Crippen LogP contribution in [0.25, 0.3) is 0 Å². The van der Waals surface area contributed by atoms with E-state index in [1.807, 2.05) is 0 Å². The summed E-state index contributed by atoms with van der Waals surface area (Å²) in [4.78, 5) is 5.24. The highest BCUT2D eigenvalue weighted by molar-refractivity contribution is 5.78. The van der Waals surface area contributed by atoms with Crippen LogP contribution < -0.4 is 0 Å². The summed E-state index contributed by atoms with van der Waals surface area (Å²) in [5.41, 5.74) is 0.605. The molecule has 0 N–H and O–H groups in total. The molecule has 15 heavy (non-hydrogen) atoms. The number of benzene rings is 1. The minimum Gasteiger partial charge on any atom is -0.392 e. The van der Waals surface area contributed by atoms with Crippen molar-refractivity contribution in [2.45, 2.75) is 31.8 Å². The third kappa shape index (κ3) is 3.05. The van der Waals surface area contributed by atoms with Crippen molar-refractivity contribution >= 4 is 6.21 Å². The smallest absolute Gasteiger partial charge is 0.139 e. The van der Waals surface area contributed by atoms with Crippen molar-refractivity contribution in [3.8, 4) is 0 Å². The quantitative estimate of drug-likeness (QED) is 0.550. The van der Waals surface area contributed by atoms with E-state index in [0.717, 1.165) is 12.8 Å². The SMILES string of the molecule is Fc1cccc(/[C]=N/OC2CCCC2)c1. The lowest BCUT2D eigenvalue weighted by Crippen LogP contribution is -2.02. The van der Waals surface area contributed by atoms with Gasteiger partial charge in [0, 0.05) is 5.56 Å². The van der Waals surface area contributed by atoms with Crippen LogP contribution in [0.2, 0.25) is 0 Å². The number of rotatable bonds is 3. The predicted molar refractivity (Wildman–Crippen MR) is 56.3 cm³/mol. The molecule has 0 atom stereocenters. The molecule has 0 heterocycles. The van der Waals surface area contributed by atoms with Crippen LogP contribution >= 0.6 is 0 Å². The summed E-state index contributed by atoms with van der Waals surface area (Å²) in [6, 6.07) is 6.14. The Kier molecular flexibility index (Phi) is 3.33. The molecule has 1 aromatic rings. The van der Waals surface area contributed by atoms with Crippen molar-refractivity contribution in [2.75, 3.05) is 0 Å². The zero-order valence-electron chi connectivity index (χ0n) is 8.45. The third-order valence-electron chi connectivity index (χ3n) is 2.50. The molecule has 1 saturated carbocycles. The van der Waals surface area contributed by atoms with Gasteiger partial charge in [0.25, 0.3) is 0 Å². The fourth-order valence-corrected chi connectivity index (χ4v) is 1.71. The molecule has 1 aliphatic carbocycles. The lowest BCUT2D eigenvalue weighted by atomic mass is 10.2. The highest BCUT2D eigenvalue weighted by Gasteiger charge is 2.15. The molecule has 1 fully saturated rings. The summed E-state index contributed by atoms with van der Waals surface area (Å²) in [5.74, 6) is -0.281. The molecule has 1 aliphatic rings. The van der Waals surface area contributed by atoms with Crippen LogP contribution in [0, 0.1) is 5.82 Å². The van der Waals surface area contributed by atoms with E-state index in [2.05, 4.69) is 11.4 Å². The van der Waals surface area contributed by atoms with Gasteiger partial charge >= 0.3 is 0 Å². The van der Waals surface area contributed by atoms with E-state index in [4.69, 9.17) is 4.84 Å². The summed E-state index contributed by atoms with van der Waals surface area (Å²) >= 11 is 0. The molecular weight excluding hydrogens is 193 g/mol. The first-order valence-electron chi connectivity index (χ1n) is 5.22. The lowest BCUT2D eigenvalue weighted by Gasteiger charge is -2.04. The van der Waals surface area contributed by atoms with Crippen LogP contribution in [-0.2, 0) is 4.84 Å². The van der Waals surface area contributed by atoms with Crippen LogP contribution in [0.1, 0.15) is 31.2 Å². The second-order valence-electron chi connectivity index (χ2n) is 3.73. The molecule has 0 saturated heterocycles. The zero-order chi connectivity index (χ0) is 10.5. The highest BCUT2D eigenvalue weighted by atomic mass is 19.1. The molecule has 1 radical (unpaired) electrons. The highest BCUT2D eigenvalue weighted by Crippen LogP contribution is 2.20. The zero-order valence-corrected chi connectivity index (χ0v) is 8.45. The largest absolute Gasteiger partial charge is 0.392 e. The standard InChI is InChI=1S/C12H13FNO/c13-11-5-3-4-10(8-11)9-14-15-12-6-1-2-7-12/h3-5,8,12H,1-2,6-7H2. The van der Waals surface area contributed by atoms with Gasteiger partial charge in [0.05, 0.1) is 0 Å². The van der Waals surface area contributed by atoms with Gasteiger partial charge in [-0.3, -0.25) is 0 Å². The number of hydrogen-bond donors (Lipinski definition) is 0. The second-order valence-corrected chi connectivity index (χ2v) is 3.73. The molecule has 0 unspecified atom stereocenters. The lowest BCUT2D eigenvalue weighted by molar-refractivity contribution is 0.0657. The minimum atomic E-state index is -0.281. The van der Waals surface area contributed by atoms with Crippen molar-refractivity contribution in [1.29, 1.82) is 0 Å². The first-order chi connectivity index (χ1) is 7.34. The van der Waals surface area contributed by atoms with Crippen molar-refractivity contribution in [1.82, 2.24) is 0 Å². The van der Waals surface area contributed by atoms with Gasteiger partial charge in [0.15, 0.2) is 0 Å². The van der Waals surface area contributed by atoms with Crippen LogP contribution in [0.3, 0.4) is 0 Å². The van der Waals surface area contributed by atoms with Crippen molar-refractivity contribution in [3.63, 3.8) is 0 Å².